The Kier molecular flexibility index (Phi) is 2.09. The van der Waals surface area contributed by atoms with Crippen LogP contribution in [-0.2, 0) is 9.59 Å². The summed E-state index contributed by atoms with van der Waals surface area (Å²) < 4.78 is 0. The van der Waals surface area contributed by atoms with E-state index in [1.807, 2.05) is 11.4 Å². The third-order valence-corrected chi connectivity index (χ3v) is 2.72. The number of carbonyl (C=O) groups is 3. The normalized spacial score (nSPS) is 15.3. The van der Waals surface area contributed by atoms with Gasteiger partial charge in [-0.3, -0.25) is 19.9 Å². The minimum absolute atomic E-state index is 0.356. The molecule has 1 N–H and O–H groups in total. The smallest absolute Gasteiger partial charge is 0.269 e. The Morgan fingerprint density at radius 1 is 1.11 bits per heavy atom. The monoisotopic (exact) mass is 241 g/mol. The Balaban J connectivity index is 2.24. The molecular weight excluding hydrogens is 234 g/mol. The van der Waals surface area contributed by atoms with Gasteiger partial charge in [0.2, 0.25) is 0 Å². The van der Waals surface area contributed by atoms with E-state index in [0.717, 1.165) is 10.3 Å². The first-order valence-electron chi connectivity index (χ1n) is 5.20. The van der Waals surface area contributed by atoms with Crippen LogP contribution in [0.1, 0.15) is 0 Å². The maximum atomic E-state index is 11.6. The number of carbonyl (C=O) groups excluding carboxylic acids is 3. The number of nitrogens with zero attached hydrogens (tertiary/aromatic N) is 2. The van der Waals surface area contributed by atoms with Crippen molar-refractivity contribution in [3.63, 3.8) is 0 Å². The highest BCUT2D eigenvalue weighted by atomic mass is 16.2. The second-order valence-corrected chi connectivity index (χ2v) is 3.77. The number of urea groups is 1. The number of hydrogen-bond acceptors (Lipinski definition) is 4. The number of hydrogen-bond donors (Lipinski definition) is 1. The van der Waals surface area contributed by atoms with Gasteiger partial charge in [0.1, 0.15) is 0 Å². The van der Waals surface area contributed by atoms with E-state index in [4.69, 9.17) is 0 Å². The fourth-order valence-electron chi connectivity index (χ4n) is 1.91. The molecule has 0 spiro atoms. The summed E-state index contributed by atoms with van der Waals surface area (Å²) in [5.41, 5.74) is 0.356. The Morgan fingerprint density at radius 3 is 2.67 bits per heavy atom. The van der Waals surface area contributed by atoms with E-state index in [0.29, 0.717) is 11.1 Å². The molecule has 1 aromatic carbocycles. The highest BCUT2D eigenvalue weighted by Crippen LogP contribution is 2.27. The van der Waals surface area contributed by atoms with Gasteiger partial charge >= 0.3 is 17.8 Å². The maximum absolute atomic E-state index is 11.6. The maximum Gasteiger partial charge on any atom is 0.336 e. The number of pyridine rings is 1. The zero-order chi connectivity index (χ0) is 12.7. The lowest BCUT2D eigenvalue weighted by Gasteiger charge is -2.13. The van der Waals surface area contributed by atoms with Gasteiger partial charge in [-0.25, -0.2) is 9.69 Å². The largest absolute Gasteiger partial charge is 0.336 e. The standard InChI is InChI=1S/C12H7N3O3/c16-10-11(17)15(12(18)14-10)9-3-1-2-7-4-5-13-6-8(7)9/h1-6H,(H,14,16,18). The van der Waals surface area contributed by atoms with Crippen molar-refractivity contribution in [3.8, 4) is 0 Å². The number of benzene rings is 1. The molecule has 1 aliphatic heterocycles. The predicted octanol–water partition coefficient (Wildman–Crippen LogP) is 0.818. The average Bonchev–Trinajstić information content (AvgIpc) is 2.63. The van der Waals surface area contributed by atoms with Crippen LogP contribution in [0.2, 0.25) is 0 Å². The summed E-state index contributed by atoms with van der Waals surface area (Å²) in [4.78, 5) is 39.2. The quantitative estimate of drug-likeness (QED) is 0.592. The SMILES string of the molecule is O=C1NC(=O)N(c2cccc3ccncc23)C1=O. The topological polar surface area (TPSA) is 79.4 Å². The van der Waals surface area contributed by atoms with E-state index in [2.05, 4.69) is 4.98 Å². The summed E-state index contributed by atoms with van der Waals surface area (Å²) in [6.45, 7) is 0. The molecule has 18 heavy (non-hydrogen) atoms. The van der Waals surface area contributed by atoms with Gasteiger partial charge in [-0.05, 0) is 17.5 Å². The first-order valence-corrected chi connectivity index (χ1v) is 5.20. The Hall–Kier alpha value is -2.76. The van der Waals surface area contributed by atoms with Crippen LogP contribution < -0.4 is 10.2 Å². The number of aromatic nitrogens is 1. The zero-order valence-electron chi connectivity index (χ0n) is 9.08. The van der Waals surface area contributed by atoms with Crippen molar-refractivity contribution >= 4 is 34.3 Å². The first kappa shape index (κ1) is 10.4. The number of fused-ring (bicyclic) bond motifs is 1. The molecule has 3 rings (SSSR count). The summed E-state index contributed by atoms with van der Waals surface area (Å²) >= 11 is 0. The molecule has 0 bridgehead atoms. The van der Waals surface area contributed by atoms with Gasteiger partial charge in [0.25, 0.3) is 0 Å². The van der Waals surface area contributed by atoms with E-state index in [1.54, 1.807) is 30.6 Å². The number of nitrogens with one attached hydrogen (secondary N) is 1. The zero-order valence-corrected chi connectivity index (χ0v) is 9.08. The molecule has 4 amide bonds. The molecule has 0 aliphatic carbocycles. The Morgan fingerprint density at radius 2 is 1.94 bits per heavy atom. The van der Waals surface area contributed by atoms with Gasteiger partial charge in [-0.15, -0.1) is 0 Å². The van der Waals surface area contributed by atoms with Gasteiger partial charge in [-0.1, -0.05) is 12.1 Å². The van der Waals surface area contributed by atoms with Gasteiger partial charge < -0.3 is 0 Å². The van der Waals surface area contributed by atoms with Crippen molar-refractivity contribution in [1.82, 2.24) is 10.3 Å². The van der Waals surface area contributed by atoms with Crippen LogP contribution in [0.15, 0.2) is 36.7 Å². The van der Waals surface area contributed by atoms with Crippen molar-refractivity contribution in [3.05, 3.63) is 36.7 Å². The van der Waals surface area contributed by atoms with Gasteiger partial charge in [0.15, 0.2) is 0 Å². The second kappa shape index (κ2) is 3.63. The van der Waals surface area contributed by atoms with Crippen LogP contribution in [0.4, 0.5) is 10.5 Å². The Labute approximate surface area is 101 Å². The molecule has 0 saturated carbocycles. The lowest BCUT2D eigenvalue weighted by molar-refractivity contribution is -0.134. The van der Waals surface area contributed by atoms with E-state index in [1.165, 1.54) is 0 Å². The molecule has 2 aromatic rings. The summed E-state index contributed by atoms with van der Waals surface area (Å²) in [5.74, 6) is -1.79. The van der Waals surface area contributed by atoms with Crippen molar-refractivity contribution in [2.45, 2.75) is 0 Å². The number of anilines is 1. The predicted molar refractivity (Wildman–Crippen MR) is 62.8 cm³/mol. The van der Waals surface area contributed by atoms with E-state index < -0.39 is 17.8 Å². The van der Waals surface area contributed by atoms with Crippen molar-refractivity contribution < 1.29 is 14.4 Å². The summed E-state index contributed by atoms with van der Waals surface area (Å²) in [6.07, 6.45) is 3.16. The summed E-state index contributed by atoms with van der Waals surface area (Å²) in [7, 11) is 0. The molecule has 88 valence electrons. The molecule has 6 nitrogen and oxygen atoms in total. The van der Waals surface area contributed by atoms with Crippen LogP contribution in [0.5, 0.6) is 0 Å². The van der Waals surface area contributed by atoms with E-state index >= 15 is 0 Å². The third kappa shape index (κ3) is 1.36. The fraction of sp³-hybridized carbons (Fsp3) is 0. The first-order chi connectivity index (χ1) is 8.68. The molecule has 0 atom stereocenters. The van der Waals surface area contributed by atoms with Crippen molar-refractivity contribution in [1.29, 1.82) is 0 Å². The Bertz CT molecular complexity index is 691. The molecule has 1 saturated heterocycles. The molecule has 1 aromatic heterocycles. The number of rotatable bonds is 1. The van der Waals surface area contributed by atoms with Gasteiger partial charge in [0, 0.05) is 17.8 Å². The minimum atomic E-state index is -0.916. The van der Waals surface area contributed by atoms with Crippen LogP contribution >= 0.6 is 0 Å². The third-order valence-electron chi connectivity index (χ3n) is 2.72. The number of amides is 4. The summed E-state index contributed by atoms with van der Waals surface area (Å²) in [5, 5.41) is 3.43. The summed E-state index contributed by atoms with van der Waals surface area (Å²) in [6, 6.07) is 6.17. The van der Waals surface area contributed by atoms with E-state index in [-0.39, 0.29) is 0 Å². The molecular formula is C12H7N3O3. The highest BCUT2D eigenvalue weighted by Gasteiger charge is 2.38. The second-order valence-electron chi connectivity index (χ2n) is 3.77. The minimum Gasteiger partial charge on any atom is -0.269 e. The van der Waals surface area contributed by atoms with Crippen molar-refractivity contribution in [2.75, 3.05) is 4.90 Å². The lowest BCUT2D eigenvalue weighted by Crippen LogP contribution is -2.30. The molecule has 1 fully saturated rings. The van der Waals surface area contributed by atoms with Gasteiger partial charge in [0.05, 0.1) is 5.69 Å². The molecule has 1 aliphatic rings. The molecule has 0 radical (unpaired) electrons. The highest BCUT2D eigenvalue weighted by molar-refractivity contribution is 6.53. The van der Waals surface area contributed by atoms with Crippen LogP contribution in [0.3, 0.4) is 0 Å². The van der Waals surface area contributed by atoms with E-state index in [9.17, 15) is 14.4 Å². The molecule has 6 heteroatoms. The molecule has 0 unspecified atom stereocenters. The van der Waals surface area contributed by atoms with Crippen molar-refractivity contribution in [2.24, 2.45) is 0 Å². The van der Waals surface area contributed by atoms with Crippen LogP contribution in [0, 0.1) is 0 Å². The van der Waals surface area contributed by atoms with Crippen LogP contribution in [-0.4, -0.2) is 22.8 Å². The average molecular weight is 241 g/mol. The van der Waals surface area contributed by atoms with Gasteiger partial charge in [-0.2, -0.15) is 0 Å². The molecule has 2 heterocycles. The van der Waals surface area contributed by atoms with Crippen LogP contribution in [0.25, 0.3) is 10.8 Å². The number of imide groups is 2. The lowest BCUT2D eigenvalue weighted by atomic mass is 10.1. The fourth-order valence-corrected chi connectivity index (χ4v) is 1.91.